The summed E-state index contributed by atoms with van der Waals surface area (Å²) in [6.07, 6.45) is 2.98. The summed E-state index contributed by atoms with van der Waals surface area (Å²) in [5, 5.41) is 0. The first-order valence-corrected chi connectivity index (χ1v) is 7.61. The Morgan fingerprint density at radius 3 is 2.44 bits per heavy atom. The van der Waals surface area contributed by atoms with Crippen LogP contribution in [0.25, 0.3) is 6.08 Å². The van der Waals surface area contributed by atoms with Crippen molar-refractivity contribution >= 4 is 11.9 Å². The minimum Gasteiger partial charge on any atom is -0.494 e. The van der Waals surface area contributed by atoms with Gasteiger partial charge in [-0.05, 0) is 55.0 Å². The van der Waals surface area contributed by atoms with Crippen LogP contribution in [-0.4, -0.2) is 26.1 Å². The average molecular weight is 348 g/mol. The first kappa shape index (κ1) is 18.4. The van der Waals surface area contributed by atoms with E-state index < -0.39 is 6.61 Å². The number of halogens is 2. The molecule has 0 spiro atoms. The second-order valence-electron chi connectivity index (χ2n) is 4.94. The molecule has 0 N–H and O–H groups in total. The molecule has 0 saturated carbocycles. The van der Waals surface area contributed by atoms with E-state index in [9.17, 15) is 13.6 Å². The third-order valence-electron chi connectivity index (χ3n) is 3.28. The lowest BCUT2D eigenvalue weighted by Gasteiger charge is -2.10. The van der Waals surface area contributed by atoms with Crippen molar-refractivity contribution in [3.05, 3.63) is 59.7 Å². The summed E-state index contributed by atoms with van der Waals surface area (Å²) in [4.78, 5) is 12.2. The number of carbonyl (C=O) groups is 1. The fraction of sp³-hybridized carbons (Fsp3) is 0.211. The summed E-state index contributed by atoms with van der Waals surface area (Å²) in [6.45, 7) is -0.495. The van der Waals surface area contributed by atoms with Gasteiger partial charge in [0.05, 0.1) is 13.7 Å². The molecular weight excluding hydrogens is 330 g/mol. The van der Waals surface area contributed by atoms with E-state index in [1.165, 1.54) is 25.3 Å². The van der Waals surface area contributed by atoms with Gasteiger partial charge in [0.15, 0.2) is 17.3 Å². The maximum atomic E-state index is 12.3. The Kier molecular flexibility index (Phi) is 6.51. The quantitative estimate of drug-likeness (QED) is 0.517. The highest BCUT2D eigenvalue weighted by Crippen LogP contribution is 2.29. The summed E-state index contributed by atoms with van der Waals surface area (Å²) in [5.41, 5.74) is 1.14. The number of methoxy groups -OCH3 is 1. The smallest absolute Gasteiger partial charge is 0.387 e. The van der Waals surface area contributed by atoms with Crippen LogP contribution in [0.4, 0.5) is 8.78 Å². The van der Waals surface area contributed by atoms with E-state index >= 15 is 0 Å². The van der Waals surface area contributed by atoms with Crippen molar-refractivity contribution in [1.29, 1.82) is 0 Å². The Bertz CT molecular complexity index is 740. The van der Waals surface area contributed by atoms with Gasteiger partial charge in [-0.15, -0.1) is 0 Å². The van der Waals surface area contributed by atoms with Gasteiger partial charge in [-0.1, -0.05) is 12.1 Å². The van der Waals surface area contributed by atoms with Gasteiger partial charge in [-0.3, -0.25) is 4.79 Å². The van der Waals surface area contributed by atoms with E-state index in [4.69, 9.17) is 9.47 Å². The number of ether oxygens (including phenoxy) is 3. The van der Waals surface area contributed by atoms with Crippen molar-refractivity contribution in [3.8, 4) is 17.2 Å². The minimum atomic E-state index is -2.93. The molecule has 25 heavy (non-hydrogen) atoms. The van der Waals surface area contributed by atoms with Crippen molar-refractivity contribution in [1.82, 2.24) is 0 Å². The number of hydrogen-bond donors (Lipinski definition) is 0. The van der Waals surface area contributed by atoms with E-state index in [0.717, 1.165) is 0 Å². The molecule has 0 amide bonds. The molecule has 0 saturated heterocycles. The van der Waals surface area contributed by atoms with E-state index in [2.05, 4.69) is 4.74 Å². The monoisotopic (exact) mass is 348 g/mol. The fourth-order valence-corrected chi connectivity index (χ4v) is 2.13. The molecule has 4 nitrogen and oxygen atoms in total. The summed E-state index contributed by atoms with van der Waals surface area (Å²) < 4.78 is 39.3. The third-order valence-corrected chi connectivity index (χ3v) is 3.28. The number of ketones is 1. The topological polar surface area (TPSA) is 44.8 Å². The maximum Gasteiger partial charge on any atom is 0.387 e. The predicted molar refractivity (Wildman–Crippen MR) is 90.6 cm³/mol. The summed E-state index contributed by atoms with van der Waals surface area (Å²) in [5.74, 6) is 0.612. The zero-order valence-electron chi connectivity index (χ0n) is 13.9. The van der Waals surface area contributed by atoms with Gasteiger partial charge in [0.1, 0.15) is 5.75 Å². The Morgan fingerprint density at radius 1 is 1.12 bits per heavy atom. The fourth-order valence-electron chi connectivity index (χ4n) is 2.13. The first-order chi connectivity index (χ1) is 12.0. The highest BCUT2D eigenvalue weighted by Gasteiger charge is 2.10. The van der Waals surface area contributed by atoms with E-state index in [0.29, 0.717) is 23.5 Å². The van der Waals surface area contributed by atoms with Crippen LogP contribution in [0.3, 0.4) is 0 Å². The highest BCUT2D eigenvalue weighted by molar-refractivity contribution is 6.06. The number of rotatable bonds is 8. The molecule has 0 atom stereocenters. The zero-order valence-corrected chi connectivity index (χ0v) is 13.9. The Hall–Kier alpha value is -2.89. The summed E-state index contributed by atoms with van der Waals surface area (Å²) >= 11 is 0. The van der Waals surface area contributed by atoms with E-state index in [-0.39, 0.29) is 17.3 Å². The average Bonchev–Trinajstić information content (AvgIpc) is 2.61. The molecule has 0 fully saturated rings. The normalized spacial score (nSPS) is 10.9. The molecule has 0 aliphatic heterocycles. The van der Waals surface area contributed by atoms with Crippen LogP contribution in [-0.2, 0) is 0 Å². The number of carbonyl (C=O) groups excluding carboxylic acids is 1. The standard InChI is InChI=1S/C19H18F2O4/c1-3-24-15-8-6-14(7-9-15)16(22)10-4-13-5-11-17(25-19(20)21)18(12-13)23-2/h4-12,19H,3H2,1-2H3/b10-4+. The molecule has 2 rings (SSSR count). The second-order valence-corrected chi connectivity index (χ2v) is 4.94. The third kappa shape index (κ3) is 5.31. The minimum absolute atomic E-state index is 0.0625. The lowest BCUT2D eigenvalue weighted by Crippen LogP contribution is -2.03. The molecule has 6 heteroatoms. The molecule has 0 unspecified atom stereocenters. The van der Waals surface area contributed by atoms with Gasteiger partial charge in [0.25, 0.3) is 0 Å². The van der Waals surface area contributed by atoms with E-state index in [1.54, 1.807) is 36.4 Å². The second kappa shape index (κ2) is 8.82. The summed E-state index contributed by atoms with van der Waals surface area (Å²) in [7, 11) is 1.35. The van der Waals surface area contributed by atoms with Crippen LogP contribution < -0.4 is 14.2 Å². The van der Waals surface area contributed by atoms with Crippen LogP contribution in [0, 0.1) is 0 Å². The molecule has 0 heterocycles. The first-order valence-electron chi connectivity index (χ1n) is 7.61. The van der Waals surface area contributed by atoms with Crippen molar-refractivity contribution < 1.29 is 27.8 Å². The van der Waals surface area contributed by atoms with E-state index in [1.807, 2.05) is 6.92 Å². The van der Waals surface area contributed by atoms with Crippen molar-refractivity contribution in [2.45, 2.75) is 13.5 Å². The van der Waals surface area contributed by atoms with Crippen molar-refractivity contribution in [3.63, 3.8) is 0 Å². The van der Waals surface area contributed by atoms with Gasteiger partial charge in [0, 0.05) is 5.56 Å². The van der Waals surface area contributed by atoms with Gasteiger partial charge >= 0.3 is 6.61 Å². The van der Waals surface area contributed by atoms with Gasteiger partial charge < -0.3 is 14.2 Å². The molecule has 0 bridgehead atoms. The van der Waals surface area contributed by atoms with Gasteiger partial charge in [-0.25, -0.2) is 0 Å². The molecule has 2 aromatic carbocycles. The molecule has 0 aromatic heterocycles. The lowest BCUT2D eigenvalue weighted by molar-refractivity contribution is -0.0512. The molecular formula is C19H18F2O4. The highest BCUT2D eigenvalue weighted by atomic mass is 19.3. The summed E-state index contributed by atoms with van der Waals surface area (Å²) in [6, 6.07) is 11.2. The van der Waals surface area contributed by atoms with Crippen molar-refractivity contribution in [2.75, 3.05) is 13.7 Å². The van der Waals surface area contributed by atoms with Crippen LogP contribution in [0.5, 0.6) is 17.2 Å². The van der Waals surface area contributed by atoms with Crippen LogP contribution in [0.2, 0.25) is 0 Å². The molecule has 2 aromatic rings. The molecule has 132 valence electrons. The number of alkyl halides is 2. The number of benzene rings is 2. The Labute approximate surface area is 144 Å². The van der Waals surface area contributed by atoms with Crippen LogP contribution in [0.15, 0.2) is 48.5 Å². The molecule has 0 radical (unpaired) electrons. The Balaban J connectivity index is 2.11. The van der Waals surface area contributed by atoms with Gasteiger partial charge in [0.2, 0.25) is 0 Å². The predicted octanol–water partition coefficient (Wildman–Crippen LogP) is 4.59. The molecule has 0 aliphatic rings. The molecule has 0 aliphatic carbocycles. The van der Waals surface area contributed by atoms with Crippen molar-refractivity contribution in [2.24, 2.45) is 0 Å². The Morgan fingerprint density at radius 2 is 1.84 bits per heavy atom. The van der Waals surface area contributed by atoms with Gasteiger partial charge in [-0.2, -0.15) is 8.78 Å². The maximum absolute atomic E-state index is 12.3. The largest absolute Gasteiger partial charge is 0.494 e. The number of hydrogen-bond acceptors (Lipinski definition) is 4. The number of allylic oxidation sites excluding steroid dienone is 1. The van der Waals surface area contributed by atoms with Crippen LogP contribution >= 0.6 is 0 Å². The SMILES string of the molecule is CCOc1ccc(C(=O)/C=C/c2ccc(OC(F)F)c(OC)c2)cc1. The van der Waals surface area contributed by atoms with Crippen LogP contribution in [0.1, 0.15) is 22.8 Å². The lowest BCUT2D eigenvalue weighted by atomic mass is 10.1. The zero-order chi connectivity index (χ0) is 18.2.